The van der Waals surface area contributed by atoms with E-state index in [-0.39, 0.29) is 22.7 Å². The number of hydrogen-bond donors (Lipinski definition) is 1. The van der Waals surface area contributed by atoms with Gasteiger partial charge < -0.3 is 14.8 Å². The van der Waals surface area contributed by atoms with E-state index < -0.39 is 29.2 Å². The number of amides is 1. The first-order chi connectivity index (χ1) is 11.9. The zero-order chi connectivity index (χ0) is 18.4. The van der Waals surface area contributed by atoms with Crippen LogP contribution in [0.15, 0.2) is 42.5 Å². The van der Waals surface area contributed by atoms with E-state index in [9.17, 15) is 24.1 Å². The molecule has 0 radical (unpaired) electrons. The largest absolute Gasteiger partial charge is 0.497 e. The van der Waals surface area contributed by atoms with Gasteiger partial charge in [0.15, 0.2) is 6.61 Å². The molecule has 0 aliphatic carbocycles. The minimum absolute atomic E-state index is 0.172. The summed E-state index contributed by atoms with van der Waals surface area (Å²) in [5.74, 6) is -2.35. The molecular formula is C16H13FN2O6. The molecule has 2 rings (SSSR count). The van der Waals surface area contributed by atoms with Gasteiger partial charge in [0, 0.05) is 23.9 Å². The lowest BCUT2D eigenvalue weighted by molar-refractivity contribution is -0.384. The van der Waals surface area contributed by atoms with Crippen molar-refractivity contribution >= 4 is 23.3 Å². The van der Waals surface area contributed by atoms with Crippen molar-refractivity contribution in [1.82, 2.24) is 0 Å². The highest BCUT2D eigenvalue weighted by Gasteiger charge is 2.16. The van der Waals surface area contributed by atoms with Gasteiger partial charge in [0.05, 0.1) is 17.6 Å². The van der Waals surface area contributed by atoms with Crippen LogP contribution in [0.25, 0.3) is 0 Å². The van der Waals surface area contributed by atoms with Gasteiger partial charge in [-0.25, -0.2) is 9.18 Å². The van der Waals surface area contributed by atoms with Gasteiger partial charge >= 0.3 is 5.97 Å². The molecule has 0 aliphatic rings. The van der Waals surface area contributed by atoms with Gasteiger partial charge in [-0.2, -0.15) is 0 Å². The van der Waals surface area contributed by atoms with Crippen molar-refractivity contribution in [3.05, 3.63) is 64.0 Å². The molecule has 0 bridgehead atoms. The Morgan fingerprint density at radius 1 is 1.24 bits per heavy atom. The fourth-order valence-electron chi connectivity index (χ4n) is 1.89. The van der Waals surface area contributed by atoms with E-state index in [1.807, 2.05) is 0 Å². The third kappa shape index (κ3) is 4.74. The number of rotatable bonds is 6. The van der Waals surface area contributed by atoms with Gasteiger partial charge in [0.1, 0.15) is 11.6 Å². The van der Waals surface area contributed by atoms with Crippen LogP contribution in [-0.2, 0) is 9.53 Å². The number of esters is 1. The molecule has 0 saturated carbocycles. The molecule has 2 aromatic rings. The second-order valence-corrected chi connectivity index (χ2v) is 4.78. The third-order valence-corrected chi connectivity index (χ3v) is 3.07. The number of ether oxygens (including phenoxy) is 2. The van der Waals surface area contributed by atoms with Crippen LogP contribution >= 0.6 is 0 Å². The summed E-state index contributed by atoms with van der Waals surface area (Å²) < 4.78 is 23.3. The Morgan fingerprint density at radius 2 is 2.00 bits per heavy atom. The van der Waals surface area contributed by atoms with Crippen molar-refractivity contribution in [3.63, 3.8) is 0 Å². The molecule has 0 spiro atoms. The average molecular weight is 348 g/mol. The van der Waals surface area contributed by atoms with E-state index in [2.05, 4.69) is 5.32 Å². The Hall–Kier alpha value is -3.49. The second-order valence-electron chi connectivity index (χ2n) is 4.78. The maximum Gasteiger partial charge on any atom is 0.341 e. The van der Waals surface area contributed by atoms with Crippen molar-refractivity contribution in [2.75, 3.05) is 19.0 Å². The average Bonchev–Trinajstić information content (AvgIpc) is 2.59. The molecule has 0 saturated heterocycles. The maximum atomic E-state index is 13.7. The molecule has 1 N–H and O–H groups in total. The Kier molecular flexibility index (Phi) is 5.62. The summed E-state index contributed by atoms with van der Waals surface area (Å²) in [5.41, 5.74) is -0.370. The normalized spacial score (nSPS) is 10.0. The number of nitro benzene ring substituents is 1. The van der Waals surface area contributed by atoms with Crippen LogP contribution in [0, 0.1) is 15.9 Å². The summed E-state index contributed by atoms with van der Waals surface area (Å²) in [5, 5.41) is 13.0. The van der Waals surface area contributed by atoms with E-state index >= 15 is 0 Å². The number of methoxy groups -OCH3 is 1. The van der Waals surface area contributed by atoms with Crippen LogP contribution in [0.2, 0.25) is 0 Å². The van der Waals surface area contributed by atoms with Gasteiger partial charge in [-0.15, -0.1) is 0 Å². The number of carbonyl (C=O) groups excluding carboxylic acids is 2. The summed E-state index contributed by atoms with van der Waals surface area (Å²) >= 11 is 0. The molecule has 1 amide bonds. The molecule has 0 unspecified atom stereocenters. The molecule has 0 aliphatic heterocycles. The van der Waals surface area contributed by atoms with Gasteiger partial charge in [-0.3, -0.25) is 14.9 Å². The number of nitrogens with one attached hydrogen (secondary N) is 1. The molecule has 0 atom stereocenters. The fraction of sp³-hybridized carbons (Fsp3) is 0.125. The quantitative estimate of drug-likeness (QED) is 0.488. The Morgan fingerprint density at radius 3 is 2.64 bits per heavy atom. The number of anilines is 1. The lowest BCUT2D eigenvalue weighted by Crippen LogP contribution is -2.21. The van der Waals surface area contributed by atoms with E-state index in [1.165, 1.54) is 37.4 Å². The summed E-state index contributed by atoms with van der Waals surface area (Å²) in [4.78, 5) is 33.6. The Bertz CT molecular complexity index is 824. The monoisotopic (exact) mass is 348 g/mol. The predicted molar refractivity (Wildman–Crippen MR) is 85.0 cm³/mol. The van der Waals surface area contributed by atoms with E-state index in [0.717, 1.165) is 12.1 Å². The smallest absolute Gasteiger partial charge is 0.341 e. The van der Waals surface area contributed by atoms with Crippen LogP contribution in [-0.4, -0.2) is 30.5 Å². The number of nitrogens with zero attached hydrogens (tertiary/aromatic N) is 1. The fourth-order valence-corrected chi connectivity index (χ4v) is 1.89. The molecular weight excluding hydrogens is 335 g/mol. The van der Waals surface area contributed by atoms with E-state index in [0.29, 0.717) is 0 Å². The zero-order valence-electron chi connectivity index (χ0n) is 13.0. The first-order valence-electron chi connectivity index (χ1n) is 6.95. The number of benzene rings is 2. The zero-order valence-corrected chi connectivity index (χ0v) is 13.0. The second kappa shape index (κ2) is 7.86. The van der Waals surface area contributed by atoms with Gasteiger partial charge in [0.2, 0.25) is 0 Å². The molecule has 0 aromatic heterocycles. The SMILES string of the molecule is COc1ccc(C(=O)OCC(=O)Nc2cccc([N+](=O)[O-])c2)c(F)c1. The van der Waals surface area contributed by atoms with Gasteiger partial charge in [0.25, 0.3) is 11.6 Å². The van der Waals surface area contributed by atoms with Crippen LogP contribution in [0.3, 0.4) is 0 Å². The third-order valence-electron chi connectivity index (χ3n) is 3.07. The molecule has 130 valence electrons. The number of halogens is 1. The standard InChI is InChI=1S/C16H13FN2O6/c1-24-12-5-6-13(14(17)8-12)16(21)25-9-15(20)18-10-3-2-4-11(7-10)19(22)23/h2-8H,9H2,1H3,(H,18,20). The van der Waals surface area contributed by atoms with Crippen molar-refractivity contribution in [1.29, 1.82) is 0 Å². The maximum absolute atomic E-state index is 13.7. The lowest BCUT2D eigenvalue weighted by atomic mass is 10.2. The highest BCUT2D eigenvalue weighted by Crippen LogP contribution is 2.18. The summed E-state index contributed by atoms with van der Waals surface area (Å²) in [7, 11) is 1.35. The van der Waals surface area contributed by atoms with E-state index in [4.69, 9.17) is 9.47 Å². The van der Waals surface area contributed by atoms with Crippen LogP contribution in [0.4, 0.5) is 15.8 Å². The number of non-ortho nitro benzene ring substituents is 1. The van der Waals surface area contributed by atoms with Gasteiger partial charge in [-0.05, 0) is 18.2 Å². The molecule has 0 fully saturated rings. The summed E-state index contributed by atoms with van der Waals surface area (Å²) in [6.07, 6.45) is 0. The molecule has 8 nitrogen and oxygen atoms in total. The van der Waals surface area contributed by atoms with Crippen LogP contribution in [0.5, 0.6) is 5.75 Å². The Balaban J connectivity index is 1.94. The first-order valence-corrected chi connectivity index (χ1v) is 6.95. The van der Waals surface area contributed by atoms with Crippen molar-refractivity contribution in [2.45, 2.75) is 0 Å². The van der Waals surface area contributed by atoms with Crippen molar-refractivity contribution in [3.8, 4) is 5.75 Å². The van der Waals surface area contributed by atoms with Crippen molar-refractivity contribution < 1.29 is 28.4 Å². The molecule has 9 heteroatoms. The topological polar surface area (TPSA) is 108 Å². The minimum atomic E-state index is -1.02. The lowest BCUT2D eigenvalue weighted by Gasteiger charge is -2.08. The first kappa shape index (κ1) is 17.9. The minimum Gasteiger partial charge on any atom is -0.497 e. The molecule has 25 heavy (non-hydrogen) atoms. The molecule has 0 heterocycles. The van der Waals surface area contributed by atoms with Crippen LogP contribution < -0.4 is 10.1 Å². The Labute approximate surface area is 141 Å². The highest BCUT2D eigenvalue weighted by atomic mass is 19.1. The highest BCUT2D eigenvalue weighted by molar-refractivity contribution is 5.95. The number of nitro groups is 1. The summed E-state index contributed by atoms with van der Waals surface area (Å²) in [6, 6.07) is 8.82. The number of carbonyl (C=O) groups is 2. The molecule has 2 aromatic carbocycles. The van der Waals surface area contributed by atoms with Crippen LogP contribution in [0.1, 0.15) is 10.4 Å². The summed E-state index contributed by atoms with van der Waals surface area (Å²) in [6.45, 7) is -0.674. The predicted octanol–water partition coefficient (Wildman–Crippen LogP) is 2.54. The van der Waals surface area contributed by atoms with Crippen molar-refractivity contribution in [2.24, 2.45) is 0 Å². The number of hydrogen-bond acceptors (Lipinski definition) is 6. The van der Waals surface area contributed by atoms with E-state index in [1.54, 1.807) is 0 Å². The van der Waals surface area contributed by atoms with Gasteiger partial charge in [-0.1, -0.05) is 6.07 Å².